The van der Waals surface area contributed by atoms with Crippen LogP contribution in [0, 0.1) is 0 Å². The maximum Gasteiger partial charge on any atom is 0.260 e. The number of rotatable bonds is 10. The van der Waals surface area contributed by atoms with Gasteiger partial charge < -0.3 is 4.90 Å². The monoisotopic (exact) mass is 505 g/mol. The van der Waals surface area contributed by atoms with Gasteiger partial charge in [-0.1, -0.05) is 31.3 Å². The number of para-hydroxylation sites is 1. The molecule has 0 atom stereocenters. The molecular formula is C24H31N3O3S3. The smallest absolute Gasteiger partial charge is 0.260 e. The van der Waals surface area contributed by atoms with E-state index in [9.17, 15) is 13.2 Å². The lowest BCUT2D eigenvalue weighted by molar-refractivity contribution is 0.0983. The zero-order chi connectivity index (χ0) is 24.2. The molecular weight excluding hydrogens is 474 g/mol. The summed E-state index contributed by atoms with van der Waals surface area (Å²) in [6, 6.07) is 12.3. The maximum absolute atomic E-state index is 13.6. The summed E-state index contributed by atoms with van der Waals surface area (Å²) in [6.45, 7) is 10.5. The number of likely N-dealkylation sites (N-methyl/N-ethyl adjacent to an activating group) is 1. The minimum Gasteiger partial charge on any atom is -0.302 e. The summed E-state index contributed by atoms with van der Waals surface area (Å²) in [5.74, 6) is -0.180. The van der Waals surface area contributed by atoms with E-state index in [2.05, 4.69) is 18.7 Å². The lowest BCUT2D eigenvalue weighted by atomic mass is 10.2. The number of nitrogens with zero attached hydrogens (tertiary/aromatic N) is 3. The van der Waals surface area contributed by atoms with Crippen LogP contribution in [-0.4, -0.2) is 61.9 Å². The van der Waals surface area contributed by atoms with Crippen LogP contribution < -0.4 is 4.90 Å². The Morgan fingerprint density at radius 3 is 2.30 bits per heavy atom. The number of aromatic nitrogens is 1. The van der Waals surface area contributed by atoms with Gasteiger partial charge in [0.05, 0.1) is 20.4 Å². The highest BCUT2D eigenvalue weighted by molar-refractivity contribution is 7.98. The number of anilines is 1. The second kappa shape index (κ2) is 11.0. The molecule has 6 nitrogen and oxygen atoms in total. The van der Waals surface area contributed by atoms with Crippen molar-refractivity contribution in [1.29, 1.82) is 0 Å². The number of carbonyl (C=O) groups excluding carboxylic acids is 1. The summed E-state index contributed by atoms with van der Waals surface area (Å²) >= 11 is 3.14. The summed E-state index contributed by atoms with van der Waals surface area (Å²) in [5.41, 5.74) is 1.35. The van der Waals surface area contributed by atoms with Gasteiger partial charge in [0, 0.05) is 23.5 Å². The number of thioether (sulfide) groups is 1. The first-order chi connectivity index (χ1) is 15.7. The number of amides is 1. The third-order valence-corrected chi connectivity index (χ3v) is 9.63. The number of sulfone groups is 1. The summed E-state index contributed by atoms with van der Waals surface area (Å²) in [7, 11) is -3.39. The third-order valence-electron chi connectivity index (χ3n) is 5.65. The van der Waals surface area contributed by atoms with Crippen molar-refractivity contribution < 1.29 is 13.2 Å². The minimum atomic E-state index is -3.39. The van der Waals surface area contributed by atoms with E-state index < -0.39 is 15.1 Å². The van der Waals surface area contributed by atoms with Gasteiger partial charge in [0.25, 0.3) is 5.91 Å². The van der Waals surface area contributed by atoms with E-state index in [1.54, 1.807) is 42.6 Å². The minimum absolute atomic E-state index is 0.180. The Morgan fingerprint density at radius 2 is 1.73 bits per heavy atom. The molecule has 3 rings (SSSR count). The molecule has 1 heterocycles. The number of fused-ring (bicyclic) bond motifs is 1. The SMILES string of the molecule is CCN(CC)CCN(C(=O)c1ccc(S(=O)(=O)C(C)C)cc1)c1nc2c(SC)cccc2s1. The van der Waals surface area contributed by atoms with E-state index in [1.165, 1.54) is 23.5 Å². The average Bonchev–Trinajstić information content (AvgIpc) is 3.25. The Balaban J connectivity index is 1.98. The van der Waals surface area contributed by atoms with Crippen LogP contribution in [0.15, 0.2) is 52.3 Å². The molecule has 0 unspecified atom stereocenters. The van der Waals surface area contributed by atoms with E-state index >= 15 is 0 Å². The Kier molecular flexibility index (Phi) is 8.55. The molecule has 0 N–H and O–H groups in total. The number of thiazole rings is 1. The summed E-state index contributed by atoms with van der Waals surface area (Å²) in [6.07, 6.45) is 2.02. The highest BCUT2D eigenvalue weighted by atomic mass is 32.2. The van der Waals surface area contributed by atoms with Crippen molar-refractivity contribution in [3.05, 3.63) is 48.0 Å². The molecule has 0 aliphatic rings. The summed E-state index contributed by atoms with van der Waals surface area (Å²) in [4.78, 5) is 23.7. The normalized spacial score (nSPS) is 12.1. The van der Waals surface area contributed by atoms with E-state index in [4.69, 9.17) is 4.98 Å². The summed E-state index contributed by atoms with van der Waals surface area (Å²) < 4.78 is 26.0. The van der Waals surface area contributed by atoms with E-state index in [1.807, 2.05) is 24.5 Å². The van der Waals surface area contributed by atoms with Gasteiger partial charge in [-0.25, -0.2) is 13.4 Å². The molecule has 0 fully saturated rings. The molecule has 0 saturated carbocycles. The van der Waals surface area contributed by atoms with Gasteiger partial charge in [0.2, 0.25) is 0 Å². The van der Waals surface area contributed by atoms with Crippen LogP contribution in [0.3, 0.4) is 0 Å². The second-order valence-corrected chi connectivity index (χ2v) is 12.3. The first kappa shape index (κ1) is 25.7. The van der Waals surface area contributed by atoms with Crippen molar-refractivity contribution in [3.63, 3.8) is 0 Å². The van der Waals surface area contributed by atoms with Crippen LogP contribution in [0.4, 0.5) is 5.13 Å². The van der Waals surface area contributed by atoms with Gasteiger partial charge in [0.15, 0.2) is 15.0 Å². The molecule has 0 aliphatic heterocycles. The van der Waals surface area contributed by atoms with Crippen molar-refractivity contribution in [1.82, 2.24) is 9.88 Å². The van der Waals surface area contributed by atoms with Crippen LogP contribution in [0.5, 0.6) is 0 Å². The molecule has 3 aromatic rings. The topological polar surface area (TPSA) is 70.6 Å². The van der Waals surface area contributed by atoms with Gasteiger partial charge in [-0.2, -0.15) is 0 Å². The fraction of sp³-hybridized carbons (Fsp3) is 0.417. The molecule has 0 bridgehead atoms. The van der Waals surface area contributed by atoms with Gasteiger partial charge in [-0.05, 0) is 69.6 Å². The van der Waals surface area contributed by atoms with Crippen molar-refractivity contribution in [3.8, 4) is 0 Å². The molecule has 2 aromatic carbocycles. The zero-order valence-corrected chi connectivity index (χ0v) is 22.2. The van der Waals surface area contributed by atoms with Crippen LogP contribution in [0.25, 0.3) is 10.2 Å². The molecule has 0 saturated heterocycles. The lowest BCUT2D eigenvalue weighted by Crippen LogP contribution is -2.38. The standard InChI is InChI=1S/C24H31N3O3S3/c1-6-26(7-2)15-16-27(24-25-22-20(31-5)9-8-10-21(22)32-24)23(28)18-11-13-19(14-12-18)33(29,30)17(3)4/h8-14,17H,6-7,15-16H2,1-5H3. The Hall–Kier alpha value is -1.94. The fourth-order valence-electron chi connectivity index (χ4n) is 3.47. The lowest BCUT2D eigenvalue weighted by Gasteiger charge is -2.24. The molecule has 0 aliphatic carbocycles. The Bertz CT molecular complexity index is 1200. The van der Waals surface area contributed by atoms with E-state index in [0.717, 1.165) is 34.7 Å². The molecule has 33 heavy (non-hydrogen) atoms. The predicted octanol–water partition coefficient (Wildman–Crippen LogP) is 5.19. The van der Waals surface area contributed by atoms with Crippen LogP contribution in [0.2, 0.25) is 0 Å². The second-order valence-electron chi connectivity index (χ2n) is 7.91. The number of benzene rings is 2. The first-order valence-corrected chi connectivity index (χ1v) is 14.6. The van der Waals surface area contributed by atoms with Gasteiger partial charge in [-0.15, -0.1) is 11.8 Å². The summed E-state index contributed by atoms with van der Waals surface area (Å²) in [5, 5.41) is 0.139. The van der Waals surface area contributed by atoms with E-state index in [0.29, 0.717) is 17.2 Å². The number of hydrogen-bond donors (Lipinski definition) is 0. The highest BCUT2D eigenvalue weighted by Gasteiger charge is 2.24. The van der Waals surface area contributed by atoms with Crippen molar-refractivity contribution in [2.75, 3.05) is 37.3 Å². The number of carbonyl (C=O) groups is 1. The zero-order valence-electron chi connectivity index (χ0n) is 19.7. The van der Waals surface area contributed by atoms with Crippen molar-refractivity contribution in [2.24, 2.45) is 0 Å². The molecule has 1 aromatic heterocycles. The molecule has 0 radical (unpaired) electrons. The fourth-order valence-corrected chi connectivity index (χ4v) is 6.18. The van der Waals surface area contributed by atoms with Crippen LogP contribution in [-0.2, 0) is 9.84 Å². The number of hydrogen-bond acceptors (Lipinski definition) is 7. The molecule has 9 heteroatoms. The highest BCUT2D eigenvalue weighted by Crippen LogP contribution is 2.34. The van der Waals surface area contributed by atoms with Crippen LogP contribution >= 0.6 is 23.1 Å². The van der Waals surface area contributed by atoms with Gasteiger partial charge in [-0.3, -0.25) is 9.69 Å². The van der Waals surface area contributed by atoms with Gasteiger partial charge >= 0.3 is 0 Å². The first-order valence-electron chi connectivity index (χ1n) is 11.0. The van der Waals surface area contributed by atoms with E-state index in [-0.39, 0.29) is 10.8 Å². The average molecular weight is 506 g/mol. The molecule has 0 spiro atoms. The van der Waals surface area contributed by atoms with Crippen molar-refractivity contribution >= 4 is 54.2 Å². The predicted molar refractivity (Wildman–Crippen MR) is 140 cm³/mol. The van der Waals surface area contributed by atoms with Gasteiger partial charge in [0.1, 0.15) is 0 Å². The van der Waals surface area contributed by atoms with Crippen molar-refractivity contribution in [2.45, 2.75) is 42.7 Å². The maximum atomic E-state index is 13.6. The quantitative estimate of drug-likeness (QED) is 0.353. The molecule has 1 amide bonds. The largest absolute Gasteiger partial charge is 0.302 e. The molecule has 178 valence electrons. The Labute approximate surface area is 204 Å². The Morgan fingerprint density at radius 1 is 1.06 bits per heavy atom. The third kappa shape index (κ3) is 5.59. The van der Waals surface area contributed by atoms with Crippen LogP contribution in [0.1, 0.15) is 38.1 Å².